The van der Waals surface area contributed by atoms with Gasteiger partial charge in [-0.2, -0.15) is 0 Å². The average molecular weight is 239 g/mol. The molecule has 2 unspecified atom stereocenters. The predicted octanol–water partition coefficient (Wildman–Crippen LogP) is 0.714. The van der Waals surface area contributed by atoms with Crippen molar-refractivity contribution in [3.63, 3.8) is 0 Å². The van der Waals surface area contributed by atoms with Crippen molar-refractivity contribution in [1.82, 2.24) is 10.2 Å². The van der Waals surface area contributed by atoms with Crippen molar-refractivity contribution in [3.8, 4) is 0 Å². The van der Waals surface area contributed by atoms with Crippen LogP contribution in [0.15, 0.2) is 0 Å². The van der Waals surface area contributed by atoms with Gasteiger partial charge in [0.1, 0.15) is 0 Å². The smallest absolute Gasteiger partial charge is 0.235 e. The molecule has 0 bridgehead atoms. The lowest BCUT2D eigenvalue weighted by Gasteiger charge is -2.25. The molecular formula is C13H25N3O. The maximum absolute atomic E-state index is 11.4. The topological polar surface area (TPSA) is 58.4 Å². The first-order valence-corrected chi connectivity index (χ1v) is 6.93. The van der Waals surface area contributed by atoms with Crippen LogP contribution >= 0.6 is 0 Å². The van der Waals surface area contributed by atoms with E-state index in [0.717, 1.165) is 25.6 Å². The van der Waals surface area contributed by atoms with Crippen LogP contribution in [0.4, 0.5) is 0 Å². The molecule has 1 saturated heterocycles. The van der Waals surface area contributed by atoms with Gasteiger partial charge in [0, 0.05) is 12.6 Å². The summed E-state index contributed by atoms with van der Waals surface area (Å²) in [5.74, 6) is 0.623. The number of nitrogens with two attached hydrogens (primary N) is 1. The van der Waals surface area contributed by atoms with Crippen LogP contribution in [0.3, 0.4) is 0 Å². The summed E-state index contributed by atoms with van der Waals surface area (Å²) in [5, 5.41) is 3.35. The summed E-state index contributed by atoms with van der Waals surface area (Å²) in [6.07, 6.45) is 6.19. The molecule has 1 amide bonds. The Hall–Kier alpha value is -0.610. The van der Waals surface area contributed by atoms with Gasteiger partial charge in [0.25, 0.3) is 0 Å². The van der Waals surface area contributed by atoms with Crippen LogP contribution in [0.5, 0.6) is 0 Å². The van der Waals surface area contributed by atoms with E-state index in [4.69, 9.17) is 5.73 Å². The van der Waals surface area contributed by atoms with Gasteiger partial charge in [-0.15, -0.1) is 0 Å². The summed E-state index contributed by atoms with van der Waals surface area (Å²) in [7, 11) is 0. The number of likely N-dealkylation sites (tertiary alicyclic amines) is 1. The highest BCUT2D eigenvalue weighted by Crippen LogP contribution is 2.20. The molecule has 1 aliphatic heterocycles. The molecule has 4 nitrogen and oxygen atoms in total. The second-order valence-electron chi connectivity index (χ2n) is 5.73. The Bertz CT molecular complexity index is 265. The zero-order chi connectivity index (χ0) is 12.3. The highest BCUT2D eigenvalue weighted by atomic mass is 16.1. The highest BCUT2D eigenvalue weighted by Gasteiger charge is 2.28. The maximum Gasteiger partial charge on any atom is 0.235 e. The lowest BCUT2D eigenvalue weighted by molar-refractivity contribution is -0.120. The van der Waals surface area contributed by atoms with Crippen molar-refractivity contribution in [2.75, 3.05) is 19.6 Å². The van der Waals surface area contributed by atoms with Gasteiger partial charge < -0.3 is 16.0 Å². The third-order valence-electron chi connectivity index (χ3n) is 3.91. The van der Waals surface area contributed by atoms with Crippen LogP contribution in [0.1, 0.15) is 39.0 Å². The minimum absolute atomic E-state index is 0.157. The van der Waals surface area contributed by atoms with Crippen LogP contribution < -0.4 is 11.1 Å². The van der Waals surface area contributed by atoms with E-state index < -0.39 is 0 Å². The molecule has 2 fully saturated rings. The Morgan fingerprint density at radius 2 is 2.12 bits per heavy atom. The number of nitrogens with zero attached hydrogens (tertiary/aromatic N) is 1. The quantitative estimate of drug-likeness (QED) is 0.743. The molecule has 17 heavy (non-hydrogen) atoms. The third-order valence-corrected chi connectivity index (χ3v) is 3.91. The van der Waals surface area contributed by atoms with E-state index in [1.807, 2.05) is 0 Å². The van der Waals surface area contributed by atoms with Crippen molar-refractivity contribution in [1.29, 1.82) is 0 Å². The van der Waals surface area contributed by atoms with Gasteiger partial charge in [-0.25, -0.2) is 0 Å². The average Bonchev–Trinajstić information content (AvgIpc) is 3.07. The van der Waals surface area contributed by atoms with E-state index in [9.17, 15) is 4.79 Å². The van der Waals surface area contributed by atoms with Gasteiger partial charge in [-0.3, -0.25) is 4.79 Å². The molecule has 1 aliphatic carbocycles. The van der Waals surface area contributed by atoms with Gasteiger partial charge in [-0.05, 0) is 51.1 Å². The van der Waals surface area contributed by atoms with Crippen molar-refractivity contribution < 1.29 is 4.79 Å². The van der Waals surface area contributed by atoms with Gasteiger partial charge in [0.15, 0.2) is 0 Å². The fourth-order valence-corrected chi connectivity index (χ4v) is 2.52. The van der Waals surface area contributed by atoms with Crippen molar-refractivity contribution in [2.24, 2.45) is 11.7 Å². The molecule has 0 spiro atoms. The Morgan fingerprint density at radius 1 is 1.35 bits per heavy atom. The van der Waals surface area contributed by atoms with Crippen molar-refractivity contribution in [2.45, 2.75) is 51.1 Å². The second-order valence-corrected chi connectivity index (χ2v) is 5.73. The summed E-state index contributed by atoms with van der Waals surface area (Å²) < 4.78 is 0. The minimum atomic E-state index is -0.200. The molecule has 1 saturated carbocycles. The number of rotatable bonds is 5. The molecule has 2 rings (SSSR count). The molecule has 3 N–H and O–H groups in total. The van der Waals surface area contributed by atoms with Gasteiger partial charge in [-0.1, -0.05) is 6.92 Å². The molecular weight excluding hydrogens is 214 g/mol. The first-order valence-electron chi connectivity index (χ1n) is 6.93. The number of hydrogen-bond donors (Lipinski definition) is 2. The third kappa shape index (κ3) is 4.28. The van der Waals surface area contributed by atoms with Crippen LogP contribution in [0.25, 0.3) is 0 Å². The van der Waals surface area contributed by atoms with E-state index >= 15 is 0 Å². The predicted molar refractivity (Wildman–Crippen MR) is 68.6 cm³/mol. The fraction of sp³-hybridized carbons (Fsp3) is 0.923. The molecule has 0 aromatic heterocycles. The summed E-state index contributed by atoms with van der Waals surface area (Å²) in [5.41, 5.74) is 5.47. The van der Waals surface area contributed by atoms with Gasteiger partial charge in [0.05, 0.1) is 6.04 Å². The summed E-state index contributed by atoms with van der Waals surface area (Å²) in [6.45, 7) is 5.33. The molecule has 0 aromatic carbocycles. The molecule has 1 heterocycles. The van der Waals surface area contributed by atoms with E-state index in [-0.39, 0.29) is 11.9 Å². The standard InChI is InChI=1S/C13H25N3O/c1-10-3-2-7-16(8-6-10)9-12(13(14)17)15-11-4-5-11/h10-12,15H,2-9H2,1H3,(H2,14,17). The number of nitrogens with one attached hydrogen (secondary N) is 1. The minimum Gasteiger partial charge on any atom is -0.368 e. The lowest BCUT2D eigenvalue weighted by atomic mass is 10.0. The van der Waals surface area contributed by atoms with Crippen molar-refractivity contribution in [3.05, 3.63) is 0 Å². The Kier molecular flexibility index (Phi) is 4.40. The fourth-order valence-electron chi connectivity index (χ4n) is 2.52. The molecule has 2 aliphatic rings. The largest absolute Gasteiger partial charge is 0.368 e. The van der Waals surface area contributed by atoms with Crippen LogP contribution in [0, 0.1) is 5.92 Å². The Labute approximate surface area is 104 Å². The zero-order valence-corrected chi connectivity index (χ0v) is 10.8. The van der Waals surface area contributed by atoms with E-state index in [1.165, 1.54) is 32.1 Å². The molecule has 4 heteroatoms. The molecule has 2 atom stereocenters. The number of primary amides is 1. The first-order chi connectivity index (χ1) is 8.15. The van der Waals surface area contributed by atoms with Crippen LogP contribution in [-0.2, 0) is 4.79 Å². The summed E-state index contributed by atoms with van der Waals surface area (Å²) in [6, 6.07) is 0.384. The van der Waals surface area contributed by atoms with E-state index in [0.29, 0.717) is 6.04 Å². The van der Waals surface area contributed by atoms with E-state index in [1.54, 1.807) is 0 Å². The number of hydrogen-bond acceptors (Lipinski definition) is 3. The first kappa shape index (κ1) is 12.8. The summed E-state index contributed by atoms with van der Waals surface area (Å²) in [4.78, 5) is 13.8. The van der Waals surface area contributed by atoms with E-state index in [2.05, 4.69) is 17.1 Å². The number of carbonyl (C=O) groups excluding carboxylic acids is 1. The normalized spacial score (nSPS) is 28.6. The molecule has 0 radical (unpaired) electrons. The Morgan fingerprint density at radius 3 is 2.76 bits per heavy atom. The Balaban J connectivity index is 1.81. The SMILES string of the molecule is CC1CCCN(CC(NC2CC2)C(N)=O)CC1. The van der Waals surface area contributed by atoms with Gasteiger partial charge in [0.2, 0.25) is 5.91 Å². The van der Waals surface area contributed by atoms with Crippen LogP contribution in [0.2, 0.25) is 0 Å². The van der Waals surface area contributed by atoms with Crippen LogP contribution in [-0.4, -0.2) is 42.5 Å². The summed E-state index contributed by atoms with van der Waals surface area (Å²) >= 11 is 0. The highest BCUT2D eigenvalue weighted by molar-refractivity contribution is 5.80. The zero-order valence-electron chi connectivity index (χ0n) is 10.8. The monoisotopic (exact) mass is 239 g/mol. The molecule has 98 valence electrons. The van der Waals surface area contributed by atoms with Gasteiger partial charge >= 0.3 is 0 Å². The number of carbonyl (C=O) groups is 1. The lowest BCUT2D eigenvalue weighted by Crippen LogP contribution is -2.50. The second kappa shape index (κ2) is 5.83. The van der Waals surface area contributed by atoms with Crippen molar-refractivity contribution >= 4 is 5.91 Å². The molecule has 0 aromatic rings. The maximum atomic E-state index is 11.4. The number of amides is 1.